The lowest BCUT2D eigenvalue weighted by molar-refractivity contribution is 0.0587. The SMILES string of the molecule is CNCCc1ccccc1C(=O)NCCC(O)COC. The van der Waals surface area contributed by atoms with Gasteiger partial charge in [0.2, 0.25) is 0 Å². The molecule has 0 radical (unpaired) electrons. The Morgan fingerprint density at radius 1 is 1.35 bits per heavy atom. The van der Waals surface area contributed by atoms with Gasteiger partial charge in [-0.15, -0.1) is 0 Å². The highest BCUT2D eigenvalue weighted by Gasteiger charge is 2.11. The minimum atomic E-state index is -0.542. The van der Waals surface area contributed by atoms with Crippen molar-refractivity contribution >= 4 is 5.91 Å². The molecule has 0 aliphatic carbocycles. The molecular formula is C15H24N2O3. The van der Waals surface area contributed by atoms with Crippen LogP contribution < -0.4 is 10.6 Å². The van der Waals surface area contributed by atoms with Gasteiger partial charge in [0.25, 0.3) is 5.91 Å². The van der Waals surface area contributed by atoms with Gasteiger partial charge in [-0.25, -0.2) is 0 Å². The largest absolute Gasteiger partial charge is 0.391 e. The first-order chi connectivity index (χ1) is 9.69. The van der Waals surface area contributed by atoms with Gasteiger partial charge in [0.15, 0.2) is 0 Å². The van der Waals surface area contributed by atoms with Crippen LogP contribution in [0.25, 0.3) is 0 Å². The van der Waals surface area contributed by atoms with E-state index < -0.39 is 6.10 Å². The monoisotopic (exact) mass is 280 g/mol. The Bertz CT molecular complexity index is 410. The van der Waals surface area contributed by atoms with Crippen LogP contribution in [0.1, 0.15) is 22.3 Å². The summed E-state index contributed by atoms with van der Waals surface area (Å²) in [4.78, 5) is 12.1. The summed E-state index contributed by atoms with van der Waals surface area (Å²) in [5.74, 6) is -0.0960. The predicted molar refractivity (Wildman–Crippen MR) is 78.9 cm³/mol. The zero-order chi connectivity index (χ0) is 14.8. The summed E-state index contributed by atoms with van der Waals surface area (Å²) in [6.07, 6.45) is 0.754. The molecule has 5 heteroatoms. The van der Waals surface area contributed by atoms with Gasteiger partial charge in [-0.1, -0.05) is 18.2 Å². The number of hydrogen-bond acceptors (Lipinski definition) is 4. The molecule has 1 aromatic carbocycles. The maximum atomic E-state index is 12.1. The quantitative estimate of drug-likeness (QED) is 0.619. The average molecular weight is 280 g/mol. The van der Waals surface area contributed by atoms with Crippen LogP contribution in [-0.2, 0) is 11.2 Å². The van der Waals surface area contributed by atoms with Gasteiger partial charge in [0, 0.05) is 19.2 Å². The number of benzene rings is 1. The number of ether oxygens (including phenoxy) is 1. The Morgan fingerprint density at radius 2 is 2.10 bits per heavy atom. The normalized spacial score (nSPS) is 12.2. The number of nitrogens with one attached hydrogen (secondary N) is 2. The molecule has 1 aromatic rings. The van der Waals surface area contributed by atoms with Gasteiger partial charge in [0.05, 0.1) is 12.7 Å². The molecule has 5 nitrogen and oxygen atoms in total. The Hall–Kier alpha value is -1.43. The Kier molecular flexibility index (Phi) is 7.87. The van der Waals surface area contributed by atoms with Crippen LogP contribution in [0.4, 0.5) is 0 Å². The highest BCUT2D eigenvalue weighted by Crippen LogP contribution is 2.09. The topological polar surface area (TPSA) is 70.6 Å². The molecule has 0 aromatic heterocycles. The van der Waals surface area contributed by atoms with Crippen molar-refractivity contribution in [1.29, 1.82) is 0 Å². The first-order valence-corrected chi connectivity index (χ1v) is 6.86. The van der Waals surface area contributed by atoms with Crippen molar-refractivity contribution < 1.29 is 14.6 Å². The lowest BCUT2D eigenvalue weighted by Gasteiger charge is -2.12. The van der Waals surface area contributed by atoms with Gasteiger partial charge in [-0.3, -0.25) is 4.79 Å². The summed E-state index contributed by atoms with van der Waals surface area (Å²) in [7, 11) is 3.43. The highest BCUT2D eigenvalue weighted by molar-refractivity contribution is 5.95. The maximum absolute atomic E-state index is 12.1. The predicted octanol–water partition coefficient (Wildman–Crippen LogP) is 0.576. The second kappa shape index (κ2) is 9.47. The van der Waals surface area contributed by atoms with E-state index in [9.17, 15) is 9.90 Å². The van der Waals surface area contributed by atoms with Gasteiger partial charge < -0.3 is 20.5 Å². The summed E-state index contributed by atoms with van der Waals surface area (Å²) in [5, 5.41) is 15.4. The minimum Gasteiger partial charge on any atom is -0.391 e. The van der Waals surface area contributed by atoms with Crippen LogP contribution in [0.2, 0.25) is 0 Å². The van der Waals surface area contributed by atoms with Crippen LogP contribution in [0, 0.1) is 0 Å². The van der Waals surface area contributed by atoms with Gasteiger partial charge >= 0.3 is 0 Å². The molecule has 1 unspecified atom stereocenters. The van der Waals surface area contributed by atoms with Crippen LogP contribution >= 0.6 is 0 Å². The Morgan fingerprint density at radius 3 is 2.80 bits per heavy atom. The zero-order valence-electron chi connectivity index (χ0n) is 12.2. The molecule has 1 amide bonds. The third kappa shape index (κ3) is 5.69. The van der Waals surface area contributed by atoms with Crippen molar-refractivity contribution in [2.45, 2.75) is 18.9 Å². The summed E-state index contributed by atoms with van der Waals surface area (Å²) in [5.41, 5.74) is 1.72. The van der Waals surface area contributed by atoms with E-state index in [1.54, 1.807) is 7.11 Å². The van der Waals surface area contributed by atoms with E-state index in [0.29, 0.717) is 18.5 Å². The fourth-order valence-electron chi connectivity index (χ4n) is 1.94. The van der Waals surface area contributed by atoms with E-state index in [2.05, 4.69) is 10.6 Å². The Labute approximate surface area is 120 Å². The summed E-state index contributed by atoms with van der Waals surface area (Å²) in [6, 6.07) is 7.58. The van der Waals surface area contributed by atoms with Gasteiger partial charge in [-0.05, 0) is 38.1 Å². The zero-order valence-corrected chi connectivity index (χ0v) is 12.2. The molecule has 0 spiro atoms. The van der Waals surface area contributed by atoms with Crippen LogP contribution in [0.3, 0.4) is 0 Å². The van der Waals surface area contributed by atoms with Crippen LogP contribution in [-0.4, -0.2) is 51.0 Å². The van der Waals surface area contributed by atoms with Crippen molar-refractivity contribution in [3.05, 3.63) is 35.4 Å². The summed E-state index contributed by atoms with van der Waals surface area (Å²) < 4.78 is 4.84. The number of carbonyl (C=O) groups excluding carboxylic acids is 1. The highest BCUT2D eigenvalue weighted by atomic mass is 16.5. The molecule has 0 aliphatic heterocycles. The summed E-state index contributed by atoms with van der Waals surface area (Å²) in [6.45, 7) is 1.55. The number of rotatable bonds is 9. The lowest BCUT2D eigenvalue weighted by atomic mass is 10.0. The molecule has 0 saturated heterocycles. The smallest absolute Gasteiger partial charge is 0.251 e. The molecule has 1 rings (SSSR count). The fraction of sp³-hybridized carbons (Fsp3) is 0.533. The molecule has 112 valence electrons. The molecule has 1 atom stereocenters. The number of hydrogen-bond donors (Lipinski definition) is 3. The lowest BCUT2D eigenvalue weighted by Crippen LogP contribution is -2.29. The number of amides is 1. The first kappa shape index (κ1) is 16.6. The van der Waals surface area contributed by atoms with Crippen molar-refractivity contribution in [2.24, 2.45) is 0 Å². The summed E-state index contributed by atoms with van der Waals surface area (Å²) >= 11 is 0. The third-order valence-electron chi connectivity index (χ3n) is 3.03. The minimum absolute atomic E-state index is 0.0960. The number of aliphatic hydroxyl groups excluding tert-OH is 1. The standard InChI is InChI=1S/C15H24N2O3/c1-16-9-7-12-5-3-4-6-14(12)15(19)17-10-8-13(18)11-20-2/h3-6,13,16,18H,7-11H2,1-2H3,(H,17,19). The molecule has 0 aliphatic rings. The first-order valence-electron chi connectivity index (χ1n) is 6.86. The Balaban J connectivity index is 2.50. The van der Waals surface area contributed by atoms with E-state index in [1.165, 1.54) is 0 Å². The molecular weight excluding hydrogens is 256 g/mol. The van der Waals surface area contributed by atoms with E-state index in [1.807, 2.05) is 31.3 Å². The number of likely N-dealkylation sites (N-methyl/N-ethyl adjacent to an activating group) is 1. The second-order valence-electron chi connectivity index (χ2n) is 4.66. The van der Waals surface area contributed by atoms with Crippen molar-refractivity contribution in [1.82, 2.24) is 10.6 Å². The van der Waals surface area contributed by atoms with E-state index in [0.717, 1.165) is 18.5 Å². The fourth-order valence-corrected chi connectivity index (χ4v) is 1.94. The molecule has 0 saturated carbocycles. The molecule has 0 heterocycles. The number of methoxy groups -OCH3 is 1. The van der Waals surface area contributed by atoms with E-state index in [-0.39, 0.29) is 12.5 Å². The number of carbonyl (C=O) groups is 1. The molecule has 0 fully saturated rings. The van der Waals surface area contributed by atoms with Crippen molar-refractivity contribution in [2.75, 3.05) is 33.9 Å². The van der Waals surface area contributed by atoms with Gasteiger partial charge in [0.1, 0.15) is 0 Å². The third-order valence-corrected chi connectivity index (χ3v) is 3.03. The number of aliphatic hydroxyl groups is 1. The van der Waals surface area contributed by atoms with Crippen LogP contribution in [0.5, 0.6) is 0 Å². The van der Waals surface area contributed by atoms with E-state index in [4.69, 9.17) is 4.74 Å². The van der Waals surface area contributed by atoms with Crippen molar-refractivity contribution in [3.63, 3.8) is 0 Å². The van der Waals surface area contributed by atoms with Crippen molar-refractivity contribution in [3.8, 4) is 0 Å². The van der Waals surface area contributed by atoms with Gasteiger partial charge in [-0.2, -0.15) is 0 Å². The van der Waals surface area contributed by atoms with Crippen LogP contribution in [0.15, 0.2) is 24.3 Å². The van der Waals surface area contributed by atoms with E-state index >= 15 is 0 Å². The molecule has 20 heavy (non-hydrogen) atoms. The second-order valence-corrected chi connectivity index (χ2v) is 4.66. The maximum Gasteiger partial charge on any atom is 0.251 e. The molecule has 3 N–H and O–H groups in total. The molecule has 0 bridgehead atoms. The average Bonchev–Trinajstić information content (AvgIpc) is 2.45.